The Balaban J connectivity index is 1.55. The molecular formula is C16H25N5OS. The zero-order chi connectivity index (χ0) is 16.2. The van der Waals surface area contributed by atoms with E-state index in [1.807, 2.05) is 24.1 Å². The number of ether oxygens (including phenoxy) is 1. The molecule has 1 fully saturated rings. The lowest BCUT2D eigenvalue weighted by molar-refractivity contribution is 0.0553. The first kappa shape index (κ1) is 16.6. The molecule has 1 atom stereocenters. The van der Waals surface area contributed by atoms with E-state index in [0.717, 1.165) is 55.6 Å². The van der Waals surface area contributed by atoms with Crippen LogP contribution in [0.2, 0.25) is 0 Å². The van der Waals surface area contributed by atoms with Crippen molar-refractivity contribution in [3.63, 3.8) is 0 Å². The van der Waals surface area contributed by atoms with E-state index in [1.165, 1.54) is 0 Å². The summed E-state index contributed by atoms with van der Waals surface area (Å²) in [5, 5.41) is 7.44. The summed E-state index contributed by atoms with van der Waals surface area (Å²) in [6.07, 6.45) is 3.89. The summed E-state index contributed by atoms with van der Waals surface area (Å²) < 4.78 is 7.01. The van der Waals surface area contributed by atoms with Crippen molar-refractivity contribution in [1.29, 1.82) is 0 Å². The van der Waals surface area contributed by atoms with Gasteiger partial charge in [0, 0.05) is 70.1 Å². The standard InChI is InChI=1S/C16H25N5OS/c1-13-9-20(4-5-21(13)6-7-22-3)11-15-12-23-16(18-15)14-8-17-19(2)10-14/h8,10,12-13H,4-7,9,11H2,1-3H3/t13-/m0/s1. The average molecular weight is 335 g/mol. The van der Waals surface area contributed by atoms with E-state index >= 15 is 0 Å². The second-order valence-corrected chi connectivity index (χ2v) is 7.02. The Labute approximate surface area is 141 Å². The van der Waals surface area contributed by atoms with Crippen LogP contribution in [0.1, 0.15) is 12.6 Å². The molecule has 0 unspecified atom stereocenters. The molecule has 0 spiro atoms. The third-order valence-corrected chi connectivity index (χ3v) is 5.26. The van der Waals surface area contributed by atoms with Gasteiger partial charge in [0.2, 0.25) is 0 Å². The molecule has 1 aliphatic heterocycles. The third-order valence-electron chi connectivity index (χ3n) is 4.32. The maximum Gasteiger partial charge on any atom is 0.126 e. The van der Waals surface area contributed by atoms with E-state index in [-0.39, 0.29) is 0 Å². The van der Waals surface area contributed by atoms with Crippen LogP contribution in [0.5, 0.6) is 0 Å². The van der Waals surface area contributed by atoms with Crippen molar-refractivity contribution in [3.8, 4) is 10.6 Å². The van der Waals surface area contributed by atoms with Crippen LogP contribution in [0.25, 0.3) is 10.6 Å². The highest BCUT2D eigenvalue weighted by atomic mass is 32.1. The summed E-state index contributed by atoms with van der Waals surface area (Å²) in [4.78, 5) is 9.77. The lowest BCUT2D eigenvalue weighted by Gasteiger charge is -2.39. The molecule has 6 nitrogen and oxygen atoms in total. The Morgan fingerprint density at radius 3 is 2.96 bits per heavy atom. The van der Waals surface area contributed by atoms with Crippen molar-refractivity contribution in [1.82, 2.24) is 24.6 Å². The summed E-state index contributed by atoms with van der Waals surface area (Å²) in [6.45, 7) is 8.34. The molecular weight excluding hydrogens is 310 g/mol. The lowest BCUT2D eigenvalue weighted by Crippen LogP contribution is -2.52. The number of hydrogen-bond acceptors (Lipinski definition) is 6. The molecule has 126 valence electrons. The zero-order valence-corrected chi connectivity index (χ0v) is 14.9. The highest BCUT2D eigenvalue weighted by Gasteiger charge is 2.23. The molecule has 1 saturated heterocycles. The summed E-state index contributed by atoms with van der Waals surface area (Å²) in [6, 6.07) is 0.565. The van der Waals surface area contributed by atoms with Crippen LogP contribution in [0.4, 0.5) is 0 Å². The van der Waals surface area contributed by atoms with Crippen LogP contribution in [0.3, 0.4) is 0 Å². The summed E-state index contributed by atoms with van der Waals surface area (Å²) >= 11 is 1.70. The SMILES string of the molecule is COCCN1CCN(Cc2csc(-c3cnn(C)c3)n2)C[C@@H]1C. The number of nitrogens with zero attached hydrogens (tertiary/aromatic N) is 5. The molecule has 0 bridgehead atoms. The predicted molar refractivity (Wildman–Crippen MR) is 92.5 cm³/mol. The normalized spacial score (nSPS) is 20.2. The van der Waals surface area contributed by atoms with E-state index in [0.29, 0.717) is 6.04 Å². The highest BCUT2D eigenvalue weighted by Crippen LogP contribution is 2.24. The Morgan fingerprint density at radius 2 is 2.26 bits per heavy atom. The molecule has 2 aromatic heterocycles. The zero-order valence-electron chi connectivity index (χ0n) is 14.1. The largest absolute Gasteiger partial charge is 0.383 e. The predicted octanol–water partition coefficient (Wildman–Crippen LogP) is 1.70. The minimum Gasteiger partial charge on any atom is -0.383 e. The fraction of sp³-hybridized carbons (Fsp3) is 0.625. The van der Waals surface area contributed by atoms with Gasteiger partial charge in [0.15, 0.2) is 0 Å². The van der Waals surface area contributed by atoms with E-state index in [9.17, 15) is 0 Å². The van der Waals surface area contributed by atoms with Crippen molar-refractivity contribution in [3.05, 3.63) is 23.5 Å². The Morgan fingerprint density at radius 1 is 1.39 bits per heavy atom. The van der Waals surface area contributed by atoms with Crippen molar-refractivity contribution < 1.29 is 4.74 Å². The molecule has 3 rings (SSSR count). The number of aryl methyl sites for hydroxylation is 1. The van der Waals surface area contributed by atoms with Crippen molar-refractivity contribution >= 4 is 11.3 Å². The van der Waals surface area contributed by atoms with Gasteiger partial charge >= 0.3 is 0 Å². The molecule has 0 aliphatic carbocycles. The summed E-state index contributed by atoms with van der Waals surface area (Å²) in [5.74, 6) is 0. The molecule has 2 aromatic rings. The van der Waals surface area contributed by atoms with Crippen LogP contribution in [-0.4, -0.2) is 70.5 Å². The van der Waals surface area contributed by atoms with Crippen molar-refractivity contribution in [2.75, 3.05) is 39.9 Å². The number of aromatic nitrogens is 3. The van der Waals surface area contributed by atoms with Crippen LogP contribution < -0.4 is 0 Å². The highest BCUT2D eigenvalue weighted by molar-refractivity contribution is 7.13. The smallest absolute Gasteiger partial charge is 0.126 e. The molecule has 23 heavy (non-hydrogen) atoms. The van der Waals surface area contributed by atoms with Gasteiger partial charge in [-0.1, -0.05) is 0 Å². The fourth-order valence-electron chi connectivity index (χ4n) is 3.03. The van der Waals surface area contributed by atoms with Crippen LogP contribution in [0, 0.1) is 0 Å². The number of thiazole rings is 1. The average Bonchev–Trinajstić information content (AvgIpc) is 3.15. The first-order valence-corrected chi connectivity index (χ1v) is 8.92. The van der Waals surface area contributed by atoms with E-state index < -0.39 is 0 Å². The first-order valence-electron chi connectivity index (χ1n) is 8.04. The fourth-order valence-corrected chi connectivity index (χ4v) is 3.81. The maximum atomic E-state index is 5.19. The van der Waals surface area contributed by atoms with Gasteiger partial charge in [-0.2, -0.15) is 5.10 Å². The van der Waals surface area contributed by atoms with Gasteiger partial charge in [-0.15, -0.1) is 11.3 Å². The second kappa shape index (κ2) is 7.53. The molecule has 7 heteroatoms. The number of methoxy groups -OCH3 is 1. The minimum absolute atomic E-state index is 0.565. The van der Waals surface area contributed by atoms with Crippen molar-refractivity contribution in [2.45, 2.75) is 19.5 Å². The van der Waals surface area contributed by atoms with Gasteiger partial charge in [-0.3, -0.25) is 14.5 Å². The molecule has 3 heterocycles. The molecule has 1 aliphatic rings. The molecule has 0 radical (unpaired) electrons. The number of piperazine rings is 1. The Kier molecular flexibility index (Phi) is 5.42. The lowest BCUT2D eigenvalue weighted by atomic mass is 10.2. The van der Waals surface area contributed by atoms with Gasteiger partial charge in [0.25, 0.3) is 0 Å². The monoisotopic (exact) mass is 335 g/mol. The van der Waals surface area contributed by atoms with Crippen LogP contribution >= 0.6 is 11.3 Å². The topological polar surface area (TPSA) is 46.4 Å². The first-order chi connectivity index (χ1) is 11.2. The maximum absolute atomic E-state index is 5.19. The number of hydrogen-bond donors (Lipinski definition) is 0. The van der Waals surface area contributed by atoms with Gasteiger partial charge in [-0.25, -0.2) is 4.98 Å². The van der Waals surface area contributed by atoms with E-state index in [2.05, 4.69) is 27.2 Å². The summed E-state index contributed by atoms with van der Waals surface area (Å²) in [7, 11) is 3.70. The van der Waals surface area contributed by atoms with Gasteiger partial charge in [0.1, 0.15) is 5.01 Å². The minimum atomic E-state index is 0.565. The number of rotatable bonds is 6. The van der Waals surface area contributed by atoms with Crippen LogP contribution in [-0.2, 0) is 18.3 Å². The molecule has 0 aromatic carbocycles. The Bertz CT molecular complexity index is 626. The Hall–Kier alpha value is -1.28. The third kappa shape index (κ3) is 4.17. The van der Waals surface area contributed by atoms with Crippen molar-refractivity contribution in [2.24, 2.45) is 7.05 Å². The van der Waals surface area contributed by atoms with E-state index in [4.69, 9.17) is 9.72 Å². The summed E-state index contributed by atoms with van der Waals surface area (Å²) in [5.41, 5.74) is 2.26. The molecule has 0 saturated carbocycles. The molecule has 0 amide bonds. The second-order valence-electron chi connectivity index (χ2n) is 6.16. The quantitative estimate of drug-likeness (QED) is 0.804. The van der Waals surface area contributed by atoms with Crippen LogP contribution in [0.15, 0.2) is 17.8 Å². The molecule has 0 N–H and O–H groups in total. The van der Waals surface area contributed by atoms with E-state index in [1.54, 1.807) is 18.4 Å². The van der Waals surface area contributed by atoms with Gasteiger partial charge in [0.05, 0.1) is 18.5 Å². The van der Waals surface area contributed by atoms with Gasteiger partial charge < -0.3 is 4.74 Å². The van der Waals surface area contributed by atoms with Gasteiger partial charge in [-0.05, 0) is 6.92 Å².